The van der Waals surface area contributed by atoms with Gasteiger partial charge in [-0.1, -0.05) is 0 Å². The molecule has 0 N–H and O–H groups in total. The molecule has 2 fully saturated rings. The summed E-state index contributed by atoms with van der Waals surface area (Å²) in [4.78, 5) is 16.8. The van der Waals surface area contributed by atoms with E-state index in [1.807, 2.05) is 4.90 Å². The van der Waals surface area contributed by atoms with Crippen LogP contribution in [0.15, 0.2) is 18.2 Å². The molecule has 1 heterocycles. The first-order chi connectivity index (χ1) is 11.0. The first kappa shape index (κ1) is 16.4. The fraction of sp³-hybridized carbons (Fsp3) is 0.611. The maximum Gasteiger partial charge on any atom is 0.254 e. The first-order valence-corrected chi connectivity index (χ1v) is 8.38. The second-order valence-electron chi connectivity index (χ2n) is 6.87. The SMILES string of the molecule is Cc1cc(F)ccc1C(=O)N1CCO[C@H](CN(C)CC2CC2)C1. The van der Waals surface area contributed by atoms with Crippen LogP contribution >= 0.6 is 0 Å². The fourth-order valence-electron chi connectivity index (χ4n) is 3.22. The van der Waals surface area contributed by atoms with Gasteiger partial charge in [-0.3, -0.25) is 4.79 Å². The lowest BCUT2D eigenvalue weighted by Gasteiger charge is -2.35. The second-order valence-corrected chi connectivity index (χ2v) is 6.87. The molecule has 1 saturated carbocycles. The van der Waals surface area contributed by atoms with E-state index in [1.165, 1.54) is 25.0 Å². The van der Waals surface area contributed by atoms with E-state index in [1.54, 1.807) is 13.0 Å². The third-order valence-corrected chi connectivity index (χ3v) is 4.63. The van der Waals surface area contributed by atoms with E-state index in [0.717, 1.165) is 19.0 Å². The fourth-order valence-corrected chi connectivity index (χ4v) is 3.22. The molecule has 0 aromatic heterocycles. The number of benzene rings is 1. The molecule has 5 heteroatoms. The van der Waals surface area contributed by atoms with Crippen LogP contribution in [-0.4, -0.2) is 61.6 Å². The van der Waals surface area contributed by atoms with Crippen molar-refractivity contribution in [3.63, 3.8) is 0 Å². The molecule has 0 unspecified atom stereocenters. The topological polar surface area (TPSA) is 32.8 Å². The smallest absolute Gasteiger partial charge is 0.254 e. The number of nitrogens with zero attached hydrogens (tertiary/aromatic N) is 2. The molecular formula is C18H25FN2O2. The van der Waals surface area contributed by atoms with E-state index in [9.17, 15) is 9.18 Å². The predicted octanol–water partition coefficient (Wildman–Crippen LogP) is 2.32. The average Bonchev–Trinajstić information content (AvgIpc) is 3.30. The molecule has 0 spiro atoms. The van der Waals surface area contributed by atoms with Gasteiger partial charge in [0.1, 0.15) is 5.82 Å². The van der Waals surface area contributed by atoms with Gasteiger partial charge in [0.25, 0.3) is 5.91 Å². The van der Waals surface area contributed by atoms with Gasteiger partial charge in [-0.05, 0) is 56.5 Å². The van der Waals surface area contributed by atoms with Crippen LogP contribution in [-0.2, 0) is 4.74 Å². The molecule has 1 aromatic rings. The van der Waals surface area contributed by atoms with Crippen LogP contribution < -0.4 is 0 Å². The summed E-state index contributed by atoms with van der Waals surface area (Å²) in [5.74, 6) is 0.518. The number of amides is 1. The Morgan fingerprint density at radius 2 is 2.17 bits per heavy atom. The standard InChI is InChI=1S/C18H25FN2O2/c1-13-9-15(19)5-6-17(13)18(22)21-7-8-23-16(12-21)11-20(2)10-14-3-4-14/h5-6,9,14,16H,3-4,7-8,10-12H2,1-2H3/t16-/m1/s1. The number of halogens is 1. The molecule has 4 nitrogen and oxygen atoms in total. The predicted molar refractivity (Wildman–Crippen MR) is 87.0 cm³/mol. The summed E-state index contributed by atoms with van der Waals surface area (Å²) in [5.41, 5.74) is 1.27. The Hall–Kier alpha value is -1.46. The molecule has 0 radical (unpaired) electrons. The minimum atomic E-state index is -0.305. The van der Waals surface area contributed by atoms with E-state index in [-0.39, 0.29) is 17.8 Å². The Labute approximate surface area is 137 Å². The lowest BCUT2D eigenvalue weighted by Crippen LogP contribution is -2.49. The number of morpholine rings is 1. The van der Waals surface area contributed by atoms with Crippen molar-refractivity contribution in [1.82, 2.24) is 9.80 Å². The third kappa shape index (κ3) is 4.30. The summed E-state index contributed by atoms with van der Waals surface area (Å²) in [6.45, 7) is 5.50. The van der Waals surface area contributed by atoms with Gasteiger partial charge in [-0.25, -0.2) is 4.39 Å². The summed E-state index contributed by atoms with van der Waals surface area (Å²) in [6, 6.07) is 4.34. The number of hydrogen-bond donors (Lipinski definition) is 0. The van der Waals surface area contributed by atoms with Crippen LogP contribution in [0.4, 0.5) is 4.39 Å². The van der Waals surface area contributed by atoms with Crippen LogP contribution in [0.1, 0.15) is 28.8 Å². The van der Waals surface area contributed by atoms with Gasteiger partial charge in [0.15, 0.2) is 0 Å². The highest BCUT2D eigenvalue weighted by Gasteiger charge is 2.28. The molecule has 1 aromatic carbocycles. The van der Waals surface area contributed by atoms with Crippen molar-refractivity contribution < 1.29 is 13.9 Å². The van der Waals surface area contributed by atoms with Crippen molar-refractivity contribution in [3.8, 4) is 0 Å². The second kappa shape index (κ2) is 6.97. The Balaban J connectivity index is 1.59. The molecule has 3 rings (SSSR count). The lowest BCUT2D eigenvalue weighted by molar-refractivity contribution is -0.0334. The van der Waals surface area contributed by atoms with E-state index in [2.05, 4.69) is 11.9 Å². The van der Waals surface area contributed by atoms with Gasteiger partial charge >= 0.3 is 0 Å². The van der Waals surface area contributed by atoms with Crippen LogP contribution in [0.2, 0.25) is 0 Å². The number of rotatable bonds is 5. The number of likely N-dealkylation sites (N-methyl/N-ethyl adjacent to an activating group) is 1. The maximum absolute atomic E-state index is 13.2. The Kier molecular flexibility index (Phi) is 4.97. The molecule has 23 heavy (non-hydrogen) atoms. The molecule has 1 aliphatic heterocycles. The third-order valence-electron chi connectivity index (χ3n) is 4.63. The van der Waals surface area contributed by atoms with Crippen LogP contribution in [0.25, 0.3) is 0 Å². The van der Waals surface area contributed by atoms with Gasteiger partial charge in [0, 0.05) is 31.7 Å². The monoisotopic (exact) mass is 320 g/mol. The zero-order chi connectivity index (χ0) is 16.4. The van der Waals surface area contributed by atoms with Crippen molar-refractivity contribution in [2.24, 2.45) is 5.92 Å². The minimum absolute atomic E-state index is 0.0272. The van der Waals surface area contributed by atoms with E-state index in [4.69, 9.17) is 4.74 Å². The molecule has 2 aliphatic rings. The van der Waals surface area contributed by atoms with Crippen molar-refractivity contribution >= 4 is 5.91 Å². The average molecular weight is 320 g/mol. The molecular weight excluding hydrogens is 295 g/mol. The van der Waals surface area contributed by atoms with E-state index in [0.29, 0.717) is 30.8 Å². The number of carbonyl (C=O) groups excluding carboxylic acids is 1. The molecule has 1 saturated heterocycles. The summed E-state index contributed by atoms with van der Waals surface area (Å²) in [5, 5.41) is 0. The summed E-state index contributed by atoms with van der Waals surface area (Å²) >= 11 is 0. The van der Waals surface area contributed by atoms with Crippen molar-refractivity contribution in [2.45, 2.75) is 25.9 Å². The maximum atomic E-state index is 13.2. The highest BCUT2D eigenvalue weighted by molar-refractivity contribution is 5.95. The van der Waals surface area contributed by atoms with Gasteiger partial charge in [0.05, 0.1) is 12.7 Å². The van der Waals surface area contributed by atoms with Crippen molar-refractivity contribution in [1.29, 1.82) is 0 Å². The highest BCUT2D eigenvalue weighted by atomic mass is 19.1. The quantitative estimate of drug-likeness (QED) is 0.835. The Bertz CT molecular complexity index is 574. The summed E-state index contributed by atoms with van der Waals surface area (Å²) < 4.78 is 19.0. The normalized spacial score (nSPS) is 21.7. The Morgan fingerprint density at radius 3 is 2.87 bits per heavy atom. The minimum Gasteiger partial charge on any atom is -0.373 e. The first-order valence-electron chi connectivity index (χ1n) is 8.38. The molecule has 1 aliphatic carbocycles. The number of hydrogen-bond acceptors (Lipinski definition) is 3. The number of ether oxygens (including phenoxy) is 1. The zero-order valence-electron chi connectivity index (χ0n) is 13.9. The summed E-state index contributed by atoms with van der Waals surface area (Å²) in [7, 11) is 2.12. The van der Waals surface area contributed by atoms with Gasteiger partial charge < -0.3 is 14.5 Å². The summed E-state index contributed by atoms with van der Waals surface area (Å²) in [6.07, 6.45) is 2.73. The van der Waals surface area contributed by atoms with Crippen LogP contribution in [0, 0.1) is 18.7 Å². The molecule has 126 valence electrons. The van der Waals surface area contributed by atoms with Gasteiger partial charge in [0.2, 0.25) is 0 Å². The largest absolute Gasteiger partial charge is 0.373 e. The van der Waals surface area contributed by atoms with E-state index < -0.39 is 0 Å². The zero-order valence-corrected chi connectivity index (χ0v) is 13.9. The Morgan fingerprint density at radius 1 is 1.39 bits per heavy atom. The van der Waals surface area contributed by atoms with Crippen molar-refractivity contribution in [3.05, 3.63) is 35.1 Å². The van der Waals surface area contributed by atoms with Crippen LogP contribution in [0.3, 0.4) is 0 Å². The molecule has 1 amide bonds. The van der Waals surface area contributed by atoms with E-state index >= 15 is 0 Å². The van der Waals surface area contributed by atoms with Crippen molar-refractivity contribution in [2.75, 3.05) is 39.8 Å². The highest BCUT2D eigenvalue weighted by Crippen LogP contribution is 2.29. The molecule has 1 atom stereocenters. The van der Waals surface area contributed by atoms with Gasteiger partial charge in [-0.2, -0.15) is 0 Å². The van der Waals surface area contributed by atoms with Crippen LogP contribution in [0.5, 0.6) is 0 Å². The molecule has 0 bridgehead atoms. The lowest BCUT2D eigenvalue weighted by atomic mass is 10.1. The number of carbonyl (C=O) groups is 1. The van der Waals surface area contributed by atoms with Gasteiger partial charge in [-0.15, -0.1) is 0 Å². The number of aryl methyl sites for hydroxylation is 1.